The summed E-state index contributed by atoms with van der Waals surface area (Å²) in [6.07, 6.45) is 2.90. The highest BCUT2D eigenvalue weighted by Gasteiger charge is 2.37. The molecule has 24 heavy (non-hydrogen) atoms. The van der Waals surface area contributed by atoms with Crippen molar-refractivity contribution in [1.29, 1.82) is 0 Å². The van der Waals surface area contributed by atoms with Gasteiger partial charge in [-0.3, -0.25) is 14.6 Å². The zero-order valence-electron chi connectivity index (χ0n) is 13.1. The molecule has 0 spiro atoms. The highest BCUT2D eigenvalue weighted by atomic mass is 35.5. The topological polar surface area (TPSA) is 62.3 Å². The van der Waals surface area contributed by atoms with Gasteiger partial charge in [-0.15, -0.1) is 0 Å². The van der Waals surface area contributed by atoms with Crippen molar-refractivity contribution in [3.05, 3.63) is 59.4 Å². The number of carbonyl (C=O) groups excluding carboxylic acids is 2. The normalized spacial score (nSPS) is 17.1. The molecule has 1 aromatic heterocycles. The number of amides is 2. The van der Waals surface area contributed by atoms with Gasteiger partial charge in [0.2, 0.25) is 11.8 Å². The van der Waals surface area contributed by atoms with E-state index in [9.17, 15) is 9.59 Å². The Balaban J connectivity index is 1.54. The van der Waals surface area contributed by atoms with Crippen LogP contribution in [0.4, 0.5) is 5.69 Å². The Morgan fingerprint density at radius 1 is 1.25 bits per heavy atom. The molecular formula is C18H18ClN3O2. The third-order valence-corrected chi connectivity index (χ3v) is 4.32. The van der Waals surface area contributed by atoms with Gasteiger partial charge >= 0.3 is 0 Å². The molecule has 5 nitrogen and oxygen atoms in total. The van der Waals surface area contributed by atoms with Gasteiger partial charge in [0.05, 0.1) is 0 Å². The summed E-state index contributed by atoms with van der Waals surface area (Å²) < 4.78 is 0. The molecular weight excluding hydrogens is 326 g/mol. The molecule has 1 aromatic carbocycles. The second-order valence-electron chi connectivity index (χ2n) is 5.67. The molecule has 1 N–H and O–H groups in total. The second kappa shape index (κ2) is 7.45. The number of hydrogen-bond acceptors (Lipinski definition) is 3. The van der Waals surface area contributed by atoms with Crippen molar-refractivity contribution in [3.8, 4) is 0 Å². The van der Waals surface area contributed by atoms with Crippen molar-refractivity contribution < 1.29 is 9.59 Å². The van der Waals surface area contributed by atoms with E-state index < -0.39 is 5.92 Å². The number of hydrogen-bond donors (Lipinski definition) is 1. The number of anilines is 1. The minimum absolute atomic E-state index is 0.160. The summed E-state index contributed by atoms with van der Waals surface area (Å²) in [5.74, 6) is -0.996. The Bertz CT molecular complexity index is 719. The molecule has 0 aliphatic carbocycles. The van der Waals surface area contributed by atoms with Crippen molar-refractivity contribution in [2.45, 2.75) is 12.8 Å². The van der Waals surface area contributed by atoms with Crippen LogP contribution in [-0.4, -0.2) is 29.9 Å². The van der Waals surface area contributed by atoms with Crippen LogP contribution in [0, 0.1) is 5.92 Å². The smallest absolute Gasteiger partial charge is 0.239 e. The molecule has 2 amide bonds. The lowest BCUT2D eigenvalue weighted by molar-refractivity contribution is -0.132. The molecule has 1 aliphatic heterocycles. The van der Waals surface area contributed by atoms with E-state index in [0.29, 0.717) is 31.0 Å². The maximum absolute atomic E-state index is 12.5. The molecule has 1 atom stereocenters. The van der Waals surface area contributed by atoms with Gasteiger partial charge in [0.15, 0.2) is 0 Å². The minimum Gasteiger partial charge on any atom is -0.355 e. The van der Waals surface area contributed by atoms with E-state index in [-0.39, 0.29) is 11.8 Å². The molecule has 0 radical (unpaired) electrons. The summed E-state index contributed by atoms with van der Waals surface area (Å²) in [7, 11) is 0. The summed E-state index contributed by atoms with van der Waals surface area (Å²) in [6, 6.07) is 12.7. The fourth-order valence-corrected chi connectivity index (χ4v) is 2.91. The van der Waals surface area contributed by atoms with Crippen LogP contribution in [0.15, 0.2) is 48.7 Å². The molecule has 2 aromatic rings. The third-order valence-electron chi connectivity index (χ3n) is 4.07. The second-order valence-corrected chi connectivity index (χ2v) is 6.11. The number of nitrogens with one attached hydrogen (secondary N) is 1. The van der Waals surface area contributed by atoms with Crippen molar-refractivity contribution in [2.75, 3.05) is 18.0 Å². The zero-order valence-corrected chi connectivity index (χ0v) is 13.9. The molecule has 0 bridgehead atoms. The number of benzene rings is 1. The van der Waals surface area contributed by atoms with Crippen molar-refractivity contribution in [3.63, 3.8) is 0 Å². The molecule has 1 saturated heterocycles. The SMILES string of the molecule is O=C(NCCc1ccccn1)[C@H]1CCN(c2ccc(Cl)cc2)C1=O. The monoisotopic (exact) mass is 343 g/mol. The molecule has 6 heteroatoms. The van der Waals surface area contributed by atoms with Gasteiger partial charge in [-0.2, -0.15) is 0 Å². The Kier molecular flexibility index (Phi) is 5.11. The van der Waals surface area contributed by atoms with Gasteiger partial charge in [0.25, 0.3) is 0 Å². The van der Waals surface area contributed by atoms with Gasteiger partial charge in [0, 0.05) is 42.1 Å². The van der Waals surface area contributed by atoms with Gasteiger partial charge in [0.1, 0.15) is 5.92 Å². The van der Waals surface area contributed by atoms with Gasteiger partial charge < -0.3 is 10.2 Å². The first-order valence-corrected chi connectivity index (χ1v) is 8.27. The molecule has 1 aliphatic rings. The molecule has 2 heterocycles. The summed E-state index contributed by atoms with van der Waals surface area (Å²) >= 11 is 5.87. The van der Waals surface area contributed by atoms with Crippen molar-refractivity contribution >= 4 is 29.1 Å². The van der Waals surface area contributed by atoms with Crippen LogP contribution in [0.3, 0.4) is 0 Å². The number of carbonyl (C=O) groups is 2. The van der Waals surface area contributed by atoms with E-state index >= 15 is 0 Å². The lowest BCUT2D eigenvalue weighted by atomic mass is 10.1. The summed E-state index contributed by atoms with van der Waals surface area (Å²) in [5, 5.41) is 3.46. The number of pyridine rings is 1. The first-order valence-electron chi connectivity index (χ1n) is 7.90. The summed E-state index contributed by atoms with van der Waals surface area (Å²) in [6.45, 7) is 1.01. The zero-order chi connectivity index (χ0) is 16.9. The van der Waals surface area contributed by atoms with E-state index in [1.807, 2.05) is 18.2 Å². The number of halogens is 1. The van der Waals surface area contributed by atoms with Crippen molar-refractivity contribution in [1.82, 2.24) is 10.3 Å². The highest BCUT2D eigenvalue weighted by molar-refractivity contribution is 6.30. The predicted molar refractivity (Wildman–Crippen MR) is 92.9 cm³/mol. The lowest BCUT2D eigenvalue weighted by Gasteiger charge is -2.16. The Morgan fingerprint density at radius 3 is 2.75 bits per heavy atom. The summed E-state index contributed by atoms with van der Waals surface area (Å²) in [4.78, 5) is 30.6. The first-order chi connectivity index (χ1) is 11.6. The van der Waals surface area contributed by atoms with Gasteiger partial charge in [-0.1, -0.05) is 17.7 Å². The summed E-state index contributed by atoms with van der Waals surface area (Å²) in [5.41, 5.74) is 1.69. The van der Waals surface area contributed by atoms with E-state index in [2.05, 4.69) is 10.3 Å². The molecule has 1 fully saturated rings. The van der Waals surface area contributed by atoms with Crippen LogP contribution in [-0.2, 0) is 16.0 Å². The molecule has 124 valence electrons. The van der Waals surface area contributed by atoms with Crippen LogP contribution < -0.4 is 10.2 Å². The minimum atomic E-state index is -0.621. The quantitative estimate of drug-likeness (QED) is 0.848. The third kappa shape index (κ3) is 3.74. The van der Waals surface area contributed by atoms with Crippen LogP contribution in [0.25, 0.3) is 0 Å². The van der Waals surface area contributed by atoms with Gasteiger partial charge in [-0.05, 0) is 42.8 Å². The lowest BCUT2D eigenvalue weighted by Crippen LogP contribution is -2.37. The van der Waals surface area contributed by atoms with Crippen LogP contribution in [0.2, 0.25) is 5.02 Å². The number of rotatable bonds is 5. The standard InChI is InChI=1S/C18H18ClN3O2/c19-13-4-6-15(7-5-13)22-12-9-16(18(22)24)17(23)21-11-8-14-3-1-2-10-20-14/h1-7,10,16H,8-9,11-12H2,(H,21,23)/t16-/m1/s1. The highest BCUT2D eigenvalue weighted by Crippen LogP contribution is 2.26. The average Bonchev–Trinajstić information content (AvgIpc) is 2.98. The molecule has 0 saturated carbocycles. The molecule has 3 rings (SSSR count). The fraction of sp³-hybridized carbons (Fsp3) is 0.278. The molecule has 0 unspecified atom stereocenters. The predicted octanol–water partition coefficient (Wildman–Crippen LogP) is 2.45. The average molecular weight is 344 g/mol. The maximum Gasteiger partial charge on any atom is 0.239 e. The van der Waals surface area contributed by atoms with E-state index in [0.717, 1.165) is 11.4 Å². The number of aromatic nitrogens is 1. The first kappa shape index (κ1) is 16.5. The van der Waals surface area contributed by atoms with Crippen LogP contribution in [0.1, 0.15) is 12.1 Å². The van der Waals surface area contributed by atoms with Crippen LogP contribution in [0.5, 0.6) is 0 Å². The Morgan fingerprint density at radius 2 is 2.04 bits per heavy atom. The number of nitrogens with zero attached hydrogens (tertiary/aromatic N) is 2. The maximum atomic E-state index is 12.5. The Labute approximate surface area is 145 Å². The largest absolute Gasteiger partial charge is 0.355 e. The van der Waals surface area contributed by atoms with E-state index in [4.69, 9.17) is 11.6 Å². The van der Waals surface area contributed by atoms with Crippen LogP contribution >= 0.6 is 11.6 Å². The fourth-order valence-electron chi connectivity index (χ4n) is 2.78. The van der Waals surface area contributed by atoms with Crippen molar-refractivity contribution in [2.24, 2.45) is 5.92 Å². The van der Waals surface area contributed by atoms with E-state index in [1.165, 1.54) is 0 Å². The van der Waals surface area contributed by atoms with E-state index in [1.54, 1.807) is 35.4 Å². The van der Waals surface area contributed by atoms with Gasteiger partial charge in [-0.25, -0.2) is 0 Å². The Hall–Kier alpha value is -2.40.